The minimum atomic E-state index is -4.21. The lowest BCUT2D eigenvalue weighted by atomic mass is 10.1. The maximum Gasteiger partial charge on any atom is 0.528 e. The molecule has 1 aromatic heterocycles. The van der Waals surface area contributed by atoms with Crippen LogP contribution in [0.3, 0.4) is 0 Å². The van der Waals surface area contributed by atoms with Gasteiger partial charge in [0, 0.05) is 19.3 Å². The minimum absolute atomic E-state index is 0.00633. The highest BCUT2D eigenvalue weighted by atomic mass is 32.2. The number of nitrogens with one attached hydrogen (secondary N) is 3. The molecular formula is C33H41N5O9S. The number of carbonyl (C=O) groups is 3. The average Bonchev–Trinajstić information content (AvgIpc) is 3.41. The summed E-state index contributed by atoms with van der Waals surface area (Å²) >= 11 is 0. The predicted octanol–water partition coefficient (Wildman–Crippen LogP) is 3.00. The molecule has 4 N–H and O–H groups in total. The largest absolute Gasteiger partial charge is 0.528 e. The van der Waals surface area contributed by atoms with Gasteiger partial charge in [0.1, 0.15) is 25.1 Å². The van der Waals surface area contributed by atoms with Gasteiger partial charge in [-0.2, -0.15) is 4.72 Å². The summed E-state index contributed by atoms with van der Waals surface area (Å²) in [6, 6.07) is 14.3. The van der Waals surface area contributed by atoms with Gasteiger partial charge >= 0.3 is 12.1 Å². The Morgan fingerprint density at radius 1 is 1.02 bits per heavy atom. The van der Waals surface area contributed by atoms with Gasteiger partial charge in [0.05, 0.1) is 23.6 Å². The summed E-state index contributed by atoms with van der Waals surface area (Å²) in [5.74, 6) is -1.47. The number of hydrogen-bond donors (Lipinski definition) is 4. The van der Waals surface area contributed by atoms with Crippen LogP contribution in [0.2, 0.25) is 0 Å². The van der Waals surface area contributed by atoms with Gasteiger partial charge in [-0.15, -0.1) is 5.06 Å². The normalized spacial score (nSPS) is 17.0. The highest BCUT2D eigenvalue weighted by Gasteiger charge is 2.36. The summed E-state index contributed by atoms with van der Waals surface area (Å²) in [5.41, 5.74) is 3.62. The Balaban J connectivity index is 1.31. The molecule has 14 nitrogen and oxygen atoms in total. The first-order valence-corrected chi connectivity index (χ1v) is 16.8. The van der Waals surface area contributed by atoms with Gasteiger partial charge in [0.15, 0.2) is 0 Å². The van der Waals surface area contributed by atoms with E-state index in [0.29, 0.717) is 29.9 Å². The van der Waals surface area contributed by atoms with Gasteiger partial charge in [-0.1, -0.05) is 54.1 Å². The van der Waals surface area contributed by atoms with E-state index in [1.165, 1.54) is 5.06 Å². The first kappa shape index (κ1) is 36.3. The van der Waals surface area contributed by atoms with Crippen LogP contribution in [0.1, 0.15) is 34.2 Å². The third-order valence-electron chi connectivity index (χ3n) is 7.57. The number of pyridine rings is 1. The predicted molar refractivity (Wildman–Crippen MR) is 175 cm³/mol. The van der Waals surface area contributed by atoms with Crippen LogP contribution in [-0.4, -0.2) is 86.0 Å². The van der Waals surface area contributed by atoms with Gasteiger partial charge in [-0.25, -0.2) is 18.2 Å². The Morgan fingerprint density at radius 2 is 1.73 bits per heavy atom. The number of hydroxylamine groups is 2. The number of carboxylic acid groups (broad SMARTS) is 1. The van der Waals surface area contributed by atoms with Gasteiger partial charge < -0.3 is 30.1 Å². The van der Waals surface area contributed by atoms with E-state index in [0.717, 1.165) is 16.7 Å². The van der Waals surface area contributed by atoms with Crippen LogP contribution < -0.4 is 15.4 Å². The van der Waals surface area contributed by atoms with E-state index < -0.39 is 53.4 Å². The van der Waals surface area contributed by atoms with Crippen LogP contribution >= 0.6 is 0 Å². The topological polar surface area (TPSA) is 185 Å². The molecule has 1 aliphatic heterocycles. The van der Waals surface area contributed by atoms with Crippen molar-refractivity contribution in [1.29, 1.82) is 0 Å². The summed E-state index contributed by atoms with van der Waals surface area (Å²) in [4.78, 5) is 46.9. The van der Waals surface area contributed by atoms with Crippen LogP contribution in [0, 0.1) is 27.7 Å². The summed E-state index contributed by atoms with van der Waals surface area (Å²) in [6.45, 7) is 6.58. The first-order chi connectivity index (χ1) is 22.8. The molecule has 258 valence electrons. The monoisotopic (exact) mass is 683 g/mol. The molecule has 0 spiro atoms. The maximum atomic E-state index is 13.1. The minimum Gasteiger partial charge on any atom is -0.480 e. The Labute approximate surface area is 279 Å². The summed E-state index contributed by atoms with van der Waals surface area (Å²) < 4.78 is 39.4. The molecule has 0 saturated carbocycles. The maximum absolute atomic E-state index is 13.1. The molecule has 48 heavy (non-hydrogen) atoms. The van der Waals surface area contributed by atoms with E-state index in [9.17, 15) is 27.9 Å². The van der Waals surface area contributed by atoms with Crippen LogP contribution in [0.5, 0.6) is 0 Å². The van der Waals surface area contributed by atoms with Crippen molar-refractivity contribution in [3.63, 3.8) is 0 Å². The molecule has 2 heterocycles. The van der Waals surface area contributed by atoms with Gasteiger partial charge in [0.25, 0.3) is 0 Å². The number of nitrogens with zero attached hydrogens (tertiary/aromatic N) is 2. The molecule has 1 amide bonds. The van der Waals surface area contributed by atoms with E-state index in [4.69, 9.17) is 14.3 Å². The second-order valence-corrected chi connectivity index (χ2v) is 13.3. The van der Waals surface area contributed by atoms with Crippen LogP contribution in [-0.2, 0) is 40.5 Å². The number of sulfonamides is 1. The fourth-order valence-corrected chi connectivity index (χ4v) is 7.02. The van der Waals surface area contributed by atoms with E-state index in [-0.39, 0.29) is 24.1 Å². The number of rotatable bonds is 15. The molecule has 15 heteroatoms. The molecular weight excluding hydrogens is 642 g/mol. The number of aryl methyl sites for hydroxylation is 4. The van der Waals surface area contributed by atoms with Crippen molar-refractivity contribution in [2.75, 3.05) is 31.6 Å². The van der Waals surface area contributed by atoms with Crippen molar-refractivity contribution in [2.45, 2.75) is 63.8 Å². The number of ether oxygens (including phenoxy) is 2. The Kier molecular flexibility index (Phi) is 12.5. The fraction of sp³-hybridized carbons (Fsp3) is 0.394. The van der Waals surface area contributed by atoms with Crippen molar-refractivity contribution < 1.29 is 42.2 Å². The van der Waals surface area contributed by atoms with E-state index in [1.807, 2.05) is 56.3 Å². The van der Waals surface area contributed by atoms with Crippen molar-refractivity contribution in [2.24, 2.45) is 0 Å². The number of aliphatic carboxylic acids is 1. The van der Waals surface area contributed by atoms with E-state index >= 15 is 0 Å². The van der Waals surface area contributed by atoms with Crippen LogP contribution in [0.15, 0.2) is 65.7 Å². The Bertz CT molecular complexity index is 1660. The van der Waals surface area contributed by atoms with Crippen molar-refractivity contribution >= 4 is 33.9 Å². The second kappa shape index (κ2) is 16.5. The zero-order valence-electron chi connectivity index (χ0n) is 27.3. The molecule has 3 atom stereocenters. The van der Waals surface area contributed by atoms with Gasteiger partial charge in [-0.05, 0) is 62.4 Å². The molecule has 0 aliphatic carbocycles. The van der Waals surface area contributed by atoms with E-state index in [1.54, 1.807) is 32.2 Å². The molecule has 4 rings (SSSR count). The summed E-state index contributed by atoms with van der Waals surface area (Å²) in [6.07, 6.45) is 0.678. The molecule has 2 aromatic carbocycles. The lowest BCUT2D eigenvalue weighted by molar-refractivity contribution is -0.143. The highest BCUT2D eigenvalue weighted by molar-refractivity contribution is 7.89. The number of carboxylic acids is 1. The number of benzene rings is 2. The second-order valence-electron chi connectivity index (χ2n) is 11.7. The smallest absolute Gasteiger partial charge is 0.480 e. The van der Waals surface area contributed by atoms with E-state index in [2.05, 4.69) is 20.3 Å². The molecule has 1 aliphatic rings. The van der Waals surface area contributed by atoms with Crippen LogP contribution in [0.25, 0.3) is 0 Å². The van der Waals surface area contributed by atoms with Crippen molar-refractivity contribution in [1.82, 2.24) is 20.1 Å². The van der Waals surface area contributed by atoms with Crippen molar-refractivity contribution in [3.05, 3.63) is 88.6 Å². The Morgan fingerprint density at radius 3 is 2.38 bits per heavy atom. The summed E-state index contributed by atoms with van der Waals surface area (Å²) in [7, 11) is -4.21. The number of amides is 1. The zero-order chi connectivity index (χ0) is 34.8. The number of aromatic nitrogens is 1. The molecule has 3 unspecified atom stereocenters. The lowest BCUT2D eigenvalue weighted by Crippen LogP contribution is -2.49. The standard InChI is InChI=1S/C33H41N5O9S/c1-21-10-11-29(34-15-21)35-16-26-14-27(18-38(26)47-33(42)46-19-25-8-6-5-7-9-25)45-20-30(39)36-17-28(32(40)41)37-48(43,44)31-23(3)12-22(2)13-24(31)4/h5-13,15,26-28,37H,14,16-20H2,1-4H3,(H,34,35)(H,36,39)(H,40,41). The van der Waals surface area contributed by atoms with Gasteiger partial charge in [0.2, 0.25) is 15.9 Å². The molecule has 3 aromatic rings. The van der Waals surface area contributed by atoms with Crippen LogP contribution in [0.4, 0.5) is 10.6 Å². The highest BCUT2D eigenvalue weighted by Crippen LogP contribution is 2.23. The molecule has 1 fully saturated rings. The summed E-state index contributed by atoms with van der Waals surface area (Å²) in [5, 5.41) is 16.8. The number of anilines is 1. The SMILES string of the molecule is Cc1ccc(NCC2CC(OCC(=O)NCC(NS(=O)(=O)c3c(C)cc(C)cc3C)C(=O)O)CN2OC(=O)OCc2ccccc2)nc1. The number of hydrogen-bond acceptors (Lipinski definition) is 11. The first-order valence-electron chi connectivity index (χ1n) is 15.3. The Hall–Kier alpha value is -4.57. The average molecular weight is 684 g/mol. The third-order valence-corrected chi connectivity index (χ3v) is 9.35. The van der Waals surface area contributed by atoms with Crippen molar-refractivity contribution in [3.8, 4) is 0 Å². The fourth-order valence-electron chi connectivity index (χ4n) is 5.37. The zero-order valence-corrected chi connectivity index (χ0v) is 28.1. The third kappa shape index (κ3) is 10.5. The number of carbonyl (C=O) groups excluding carboxylic acids is 2. The molecule has 1 saturated heterocycles. The lowest BCUT2D eigenvalue weighted by Gasteiger charge is -2.22. The quantitative estimate of drug-likeness (QED) is 0.172. The van der Waals surface area contributed by atoms with Gasteiger partial charge in [-0.3, -0.25) is 9.59 Å². The molecule has 0 radical (unpaired) electrons. The molecule has 0 bridgehead atoms.